The molecule has 0 bridgehead atoms. The van der Waals surface area contributed by atoms with E-state index in [-0.39, 0.29) is 12.5 Å². The summed E-state index contributed by atoms with van der Waals surface area (Å²) in [4.78, 5) is 20.3. The molecule has 3 aromatic carbocycles. The average molecular weight is 420 g/mol. The number of nitrogens with zero attached hydrogens (tertiary/aromatic N) is 1. The van der Waals surface area contributed by atoms with Crippen LogP contribution >= 0.6 is 11.6 Å². The lowest BCUT2D eigenvalue weighted by molar-refractivity contribution is -0.118. The van der Waals surface area contributed by atoms with E-state index in [9.17, 15) is 4.79 Å². The number of halogens is 1. The SMILES string of the molecule is Cc1ccc(OCC(=O)Nc2cccc(-c3nc4cc(Cl)c(C)cc4[nH]3)c2)cc1C. The van der Waals surface area contributed by atoms with Crippen molar-refractivity contribution in [2.45, 2.75) is 20.8 Å². The third-order valence-electron chi connectivity index (χ3n) is 5.03. The lowest BCUT2D eigenvalue weighted by Gasteiger charge is -2.09. The number of amides is 1. The summed E-state index contributed by atoms with van der Waals surface area (Å²) in [7, 11) is 0. The number of rotatable bonds is 5. The largest absolute Gasteiger partial charge is 0.484 e. The third kappa shape index (κ3) is 4.31. The number of imidazole rings is 1. The molecule has 152 valence electrons. The smallest absolute Gasteiger partial charge is 0.262 e. The van der Waals surface area contributed by atoms with Gasteiger partial charge in [0.15, 0.2) is 6.61 Å². The fourth-order valence-corrected chi connectivity index (χ4v) is 3.33. The number of hydrogen-bond acceptors (Lipinski definition) is 3. The summed E-state index contributed by atoms with van der Waals surface area (Å²) in [6.07, 6.45) is 0. The molecular formula is C24H22ClN3O2. The second kappa shape index (κ2) is 8.20. The molecule has 4 rings (SSSR count). The number of nitrogens with one attached hydrogen (secondary N) is 2. The van der Waals surface area contributed by atoms with Gasteiger partial charge in [0.05, 0.1) is 11.0 Å². The van der Waals surface area contributed by atoms with E-state index in [1.165, 1.54) is 5.56 Å². The maximum atomic E-state index is 12.3. The van der Waals surface area contributed by atoms with Crippen LogP contribution in [0.25, 0.3) is 22.4 Å². The number of benzene rings is 3. The third-order valence-corrected chi connectivity index (χ3v) is 5.44. The van der Waals surface area contributed by atoms with Gasteiger partial charge in [-0.05, 0) is 73.9 Å². The number of fused-ring (bicyclic) bond motifs is 1. The first-order valence-electron chi connectivity index (χ1n) is 9.65. The van der Waals surface area contributed by atoms with Gasteiger partial charge >= 0.3 is 0 Å². The van der Waals surface area contributed by atoms with Crippen LogP contribution in [0, 0.1) is 20.8 Å². The molecule has 0 fully saturated rings. The molecule has 0 atom stereocenters. The maximum Gasteiger partial charge on any atom is 0.262 e. The highest BCUT2D eigenvalue weighted by Crippen LogP contribution is 2.26. The molecular weight excluding hydrogens is 398 g/mol. The van der Waals surface area contributed by atoms with E-state index in [0.717, 1.165) is 27.7 Å². The van der Waals surface area contributed by atoms with Crippen LogP contribution < -0.4 is 10.1 Å². The van der Waals surface area contributed by atoms with Gasteiger partial charge in [0.1, 0.15) is 11.6 Å². The summed E-state index contributed by atoms with van der Waals surface area (Å²) in [5.41, 5.74) is 6.57. The van der Waals surface area contributed by atoms with Gasteiger partial charge in [-0.15, -0.1) is 0 Å². The maximum absolute atomic E-state index is 12.3. The number of aryl methyl sites for hydroxylation is 3. The minimum Gasteiger partial charge on any atom is -0.484 e. The summed E-state index contributed by atoms with van der Waals surface area (Å²) in [6.45, 7) is 5.95. The molecule has 0 saturated heterocycles. The zero-order valence-corrected chi connectivity index (χ0v) is 17.8. The van der Waals surface area contributed by atoms with Gasteiger partial charge < -0.3 is 15.0 Å². The highest BCUT2D eigenvalue weighted by molar-refractivity contribution is 6.32. The summed E-state index contributed by atoms with van der Waals surface area (Å²) in [5.74, 6) is 1.17. The molecule has 2 N–H and O–H groups in total. The first-order chi connectivity index (χ1) is 14.4. The van der Waals surface area contributed by atoms with Crippen LogP contribution in [0.1, 0.15) is 16.7 Å². The number of anilines is 1. The molecule has 5 nitrogen and oxygen atoms in total. The Hall–Kier alpha value is -3.31. The van der Waals surface area contributed by atoms with Gasteiger partial charge in [0.2, 0.25) is 0 Å². The van der Waals surface area contributed by atoms with Crippen LogP contribution in [0.2, 0.25) is 5.02 Å². The van der Waals surface area contributed by atoms with Crippen LogP contribution in [-0.2, 0) is 4.79 Å². The van der Waals surface area contributed by atoms with E-state index in [1.54, 1.807) is 0 Å². The van der Waals surface area contributed by atoms with Gasteiger partial charge in [-0.3, -0.25) is 4.79 Å². The summed E-state index contributed by atoms with van der Waals surface area (Å²) < 4.78 is 5.61. The van der Waals surface area contributed by atoms with Crippen molar-refractivity contribution in [2.75, 3.05) is 11.9 Å². The van der Waals surface area contributed by atoms with Crippen LogP contribution in [0.3, 0.4) is 0 Å². The highest BCUT2D eigenvalue weighted by Gasteiger charge is 2.10. The topological polar surface area (TPSA) is 67.0 Å². The molecule has 0 saturated carbocycles. The molecule has 0 aliphatic heterocycles. The van der Waals surface area contributed by atoms with E-state index >= 15 is 0 Å². The van der Waals surface area contributed by atoms with Crippen molar-refractivity contribution in [2.24, 2.45) is 0 Å². The van der Waals surface area contributed by atoms with Crippen LogP contribution in [0.4, 0.5) is 5.69 Å². The quantitative estimate of drug-likeness (QED) is 0.428. The molecule has 1 amide bonds. The number of hydrogen-bond donors (Lipinski definition) is 2. The molecule has 0 unspecified atom stereocenters. The van der Waals surface area contributed by atoms with E-state index < -0.39 is 0 Å². The first kappa shape index (κ1) is 20.0. The van der Waals surface area contributed by atoms with Gasteiger partial charge in [0.25, 0.3) is 5.91 Å². The summed E-state index contributed by atoms with van der Waals surface area (Å²) >= 11 is 6.20. The molecule has 30 heavy (non-hydrogen) atoms. The van der Waals surface area contributed by atoms with Gasteiger partial charge in [-0.25, -0.2) is 4.98 Å². The Labute approximate surface area is 180 Å². The Balaban J connectivity index is 1.46. The van der Waals surface area contributed by atoms with Crippen molar-refractivity contribution in [3.63, 3.8) is 0 Å². The lowest BCUT2D eigenvalue weighted by Crippen LogP contribution is -2.20. The monoisotopic (exact) mass is 419 g/mol. The average Bonchev–Trinajstić information content (AvgIpc) is 3.12. The molecule has 0 aliphatic carbocycles. The Bertz CT molecular complexity index is 1210. The second-order valence-corrected chi connectivity index (χ2v) is 7.77. The molecule has 0 aliphatic rings. The minimum atomic E-state index is -0.225. The van der Waals surface area contributed by atoms with Crippen molar-refractivity contribution in [1.29, 1.82) is 0 Å². The Kier molecular flexibility index (Phi) is 5.46. The fourth-order valence-electron chi connectivity index (χ4n) is 3.17. The molecule has 0 radical (unpaired) electrons. The molecule has 4 aromatic rings. The molecule has 1 heterocycles. The van der Waals surface area contributed by atoms with Gasteiger partial charge in [0, 0.05) is 16.3 Å². The lowest BCUT2D eigenvalue weighted by atomic mass is 10.1. The van der Waals surface area contributed by atoms with Gasteiger partial charge in [-0.1, -0.05) is 29.8 Å². The normalized spacial score (nSPS) is 10.9. The van der Waals surface area contributed by atoms with Crippen LogP contribution in [0.5, 0.6) is 5.75 Å². The van der Waals surface area contributed by atoms with Crippen LogP contribution in [-0.4, -0.2) is 22.5 Å². The fraction of sp³-hybridized carbons (Fsp3) is 0.167. The van der Waals surface area contributed by atoms with Crippen molar-refractivity contribution < 1.29 is 9.53 Å². The van der Waals surface area contributed by atoms with E-state index in [2.05, 4.69) is 15.3 Å². The number of ether oxygens (including phenoxy) is 1. The number of H-pyrrole nitrogens is 1. The predicted molar refractivity (Wildman–Crippen MR) is 121 cm³/mol. The molecule has 6 heteroatoms. The Morgan fingerprint density at radius 2 is 1.87 bits per heavy atom. The zero-order valence-electron chi connectivity index (χ0n) is 17.0. The van der Waals surface area contributed by atoms with Crippen molar-refractivity contribution in [1.82, 2.24) is 9.97 Å². The van der Waals surface area contributed by atoms with Crippen molar-refractivity contribution >= 4 is 34.2 Å². The molecule has 0 spiro atoms. The Morgan fingerprint density at radius 1 is 1.03 bits per heavy atom. The van der Waals surface area contributed by atoms with Crippen molar-refractivity contribution in [3.05, 3.63) is 76.3 Å². The first-order valence-corrected chi connectivity index (χ1v) is 10.0. The van der Waals surface area contributed by atoms with Crippen molar-refractivity contribution in [3.8, 4) is 17.1 Å². The summed E-state index contributed by atoms with van der Waals surface area (Å²) in [5, 5.41) is 3.56. The second-order valence-electron chi connectivity index (χ2n) is 7.37. The van der Waals surface area contributed by atoms with Crippen LogP contribution in [0.15, 0.2) is 54.6 Å². The van der Waals surface area contributed by atoms with E-state index in [4.69, 9.17) is 16.3 Å². The predicted octanol–water partition coefficient (Wildman–Crippen LogP) is 5.83. The number of aromatic nitrogens is 2. The Morgan fingerprint density at radius 3 is 2.67 bits per heavy atom. The molecule has 1 aromatic heterocycles. The van der Waals surface area contributed by atoms with Gasteiger partial charge in [-0.2, -0.15) is 0 Å². The number of aromatic amines is 1. The standard InChI is InChI=1S/C24H22ClN3O2/c1-14-7-8-19(9-15(14)2)30-13-23(29)26-18-6-4-5-17(11-18)24-27-21-10-16(3)20(25)12-22(21)28-24/h4-12H,13H2,1-3H3,(H,26,29)(H,27,28). The highest BCUT2D eigenvalue weighted by atomic mass is 35.5. The summed E-state index contributed by atoms with van der Waals surface area (Å²) in [6, 6.07) is 17.1. The zero-order chi connectivity index (χ0) is 21.3. The number of carbonyl (C=O) groups excluding carboxylic acids is 1. The minimum absolute atomic E-state index is 0.0604. The number of carbonyl (C=O) groups is 1. The van der Waals surface area contributed by atoms with E-state index in [1.807, 2.05) is 75.4 Å². The van der Waals surface area contributed by atoms with E-state index in [0.29, 0.717) is 22.3 Å².